The highest BCUT2D eigenvalue weighted by atomic mass is 16.3. The molecule has 0 saturated heterocycles. The van der Waals surface area contributed by atoms with Gasteiger partial charge in [0, 0.05) is 6.54 Å². The predicted molar refractivity (Wildman–Crippen MR) is 96.6 cm³/mol. The van der Waals surface area contributed by atoms with Crippen LogP contribution in [0.25, 0.3) is 0 Å². The minimum Gasteiger partial charge on any atom is -0.395 e. The van der Waals surface area contributed by atoms with Crippen LogP contribution in [0.1, 0.15) is 93.4 Å². The first-order valence-corrected chi connectivity index (χ1v) is 8.93. The molecule has 0 aliphatic carbocycles. The van der Waals surface area contributed by atoms with Crippen LogP contribution in [0.4, 0.5) is 0 Å². The Kier molecular flexibility index (Phi) is 51.2. The first-order chi connectivity index (χ1) is 9.64. The van der Waals surface area contributed by atoms with Gasteiger partial charge in [-0.15, -0.1) is 0 Å². The Morgan fingerprint density at radius 2 is 1.05 bits per heavy atom. The lowest BCUT2D eigenvalue weighted by atomic mass is 10.2. The van der Waals surface area contributed by atoms with Crippen LogP contribution >= 0.6 is 0 Å². The van der Waals surface area contributed by atoms with Crippen LogP contribution in [0.3, 0.4) is 0 Å². The van der Waals surface area contributed by atoms with Crippen LogP contribution in [-0.4, -0.2) is 36.8 Å². The van der Waals surface area contributed by atoms with Gasteiger partial charge in [-0.3, -0.25) is 0 Å². The molecule has 0 atom stereocenters. The molecule has 0 aromatic carbocycles. The van der Waals surface area contributed by atoms with Crippen LogP contribution < -0.4 is 0 Å². The van der Waals surface area contributed by atoms with E-state index in [0.29, 0.717) is 0 Å². The number of hydrogen-bond donors (Lipinski definition) is 1. The topological polar surface area (TPSA) is 23.5 Å². The van der Waals surface area contributed by atoms with Crippen LogP contribution in [0.5, 0.6) is 0 Å². The first kappa shape index (κ1) is 28.1. The smallest absolute Gasteiger partial charge is 0.0558 e. The minimum atomic E-state index is 0.274. The van der Waals surface area contributed by atoms with Gasteiger partial charge in [0.15, 0.2) is 0 Å². The van der Waals surface area contributed by atoms with E-state index in [2.05, 4.69) is 39.5 Å². The second kappa shape index (κ2) is 36.4. The number of aliphatic hydroxyl groups is 1. The van der Waals surface area contributed by atoms with Crippen molar-refractivity contribution in [3.63, 3.8) is 0 Å². The number of likely N-dealkylation sites (N-methyl/N-ethyl adjacent to an activating group) is 1. The lowest BCUT2D eigenvalue weighted by Crippen LogP contribution is -2.22. The van der Waals surface area contributed by atoms with E-state index in [9.17, 15) is 0 Å². The summed E-state index contributed by atoms with van der Waals surface area (Å²) in [5, 5.41) is 8.42. The van der Waals surface area contributed by atoms with E-state index in [1.807, 2.05) is 20.9 Å². The van der Waals surface area contributed by atoms with Gasteiger partial charge >= 0.3 is 0 Å². The average Bonchev–Trinajstić information content (AvgIpc) is 2.48. The van der Waals surface area contributed by atoms with Gasteiger partial charge in [0.2, 0.25) is 0 Å². The van der Waals surface area contributed by atoms with E-state index >= 15 is 0 Å². The van der Waals surface area contributed by atoms with Gasteiger partial charge in [0.25, 0.3) is 0 Å². The summed E-state index contributed by atoms with van der Waals surface area (Å²) in [5.41, 5.74) is 0. The Balaban J connectivity index is -0.0000000947. The Hall–Kier alpha value is -0.0800. The molecule has 0 radical (unpaired) electrons. The normalized spacial score (nSPS) is 8.70. The van der Waals surface area contributed by atoms with Crippen molar-refractivity contribution in [2.24, 2.45) is 0 Å². The summed E-state index contributed by atoms with van der Waals surface area (Å²) in [5.74, 6) is 0. The monoisotopic (exact) mass is 291 g/mol. The second-order valence-electron chi connectivity index (χ2n) is 4.73. The Bertz CT molecular complexity index is 95.6. The molecule has 0 spiro atoms. The number of hydrogen-bond acceptors (Lipinski definition) is 2. The van der Waals surface area contributed by atoms with E-state index in [-0.39, 0.29) is 6.61 Å². The number of rotatable bonds is 8. The van der Waals surface area contributed by atoms with E-state index in [4.69, 9.17) is 5.11 Å². The summed E-state index contributed by atoms with van der Waals surface area (Å²) < 4.78 is 0. The zero-order valence-electron chi connectivity index (χ0n) is 16.0. The third-order valence-electron chi connectivity index (χ3n) is 2.54. The first-order valence-electron chi connectivity index (χ1n) is 8.93. The SMILES string of the molecule is CC.CCCC.CCCCCC.CCCN(C)CCO. The molecule has 0 unspecified atom stereocenters. The van der Waals surface area contributed by atoms with Crippen LogP contribution in [0, 0.1) is 0 Å². The van der Waals surface area contributed by atoms with Crippen LogP contribution in [0.2, 0.25) is 0 Å². The molecule has 0 aliphatic rings. The highest BCUT2D eigenvalue weighted by molar-refractivity contribution is 4.45. The molecule has 0 amide bonds. The van der Waals surface area contributed by atoms with Gasteiger partial charge in [-0.05, 0) is 20.0 Å². The fourth-order valence-electron chi connectivity index (χ4n) is 1.16. The van der Waals surface area contributed by atoms with Crippen molar-refractivity contribution in [3.05, 3.63) is 0 Å². The molecule has 0 heterocycles. The van der Waals surface area contributed by atoms with Gasteiger partial charge in [-0.25, -0.2) is 0 Å². The molecule has 0 aliphatic heterocycles. The molecular formula is C18H45NO. The fourth-order valence-corrected chi connectivity index (χ4v) is 1.16. The van der Waals surface area contributed by atoms with E-state index in [1.54, 1.807) is 0 Å². The van der Waals surface area contributed by atoms with Gasteiger partial charge in [-0.2, -0.15) is 0 Å². The molecule has 20 heavy (non-hydrogen) atoms. The summed E-state index contributed by atoms with van der Waals surface area (Å²) >= 11 is 0. The van der Waals surface area contributed by atoms with Crippen LogP contribution in [0.15, 0.2) is 0 Å². The molecule has 2 nitrogen and oxygen atoms in total. The summed E-state index contributed by atoms with van der Waals surface area (Å²) in [6, 6.07) is 0. The summed E-state index contributed by atoms with van der Waals surface area (Å²) in [6.45, 7) is 17.1. The maximum Gasteiger partial charge on any atom is 0.0558 e. The molecule has 2 heteroatoms. The van der Waals surface area contributed by atoms with E-state index < -0.39 is 0 Å². The molecule has 0 aromatic heterocycles. The number of aliphatic hydroxyl groups excluding tert-OH is 1. The minimum absolute atomic E-state index is 0.274. The highest BCUT2D eigenvalue weighted by Crippen LogP contribution is 1.95. The zero-order chi connectivity index (χ0) is 16.6. The summed E-state index contributed by atoms with van der Waals surface area (Å²) in [7, 11) is 2.01. The van der Waals surface area contributed by atoms with Crippen molar-refractivity contribution in [3.8, 4) is 0 Å². The molecule has 0 fully saturated rings. The second-order valence-corrected chi connectivity index (χ2v) is 4.73. The molecule has 1 N–H and O–H groups in total. The predicted octanol–water partition coefficient (Wildman–Crippen LogP) is 5.74. The van der Waals surface area contributed by atoms with Gasteiger partial charge in [0.05, 0.1) is 6.61 Å². The Labute approximate surface area is 131 Å². The fraction of sp³-hybridized carbons (Fsp3) is 1.00. The third-order valence-corrected chi connectivity index (χ3v) is 2.54. The van der Waals surface area contributed by atoms with E-state index in [1.165, 1.54) is 38.5 Å². The maximum absolute atomic E-state index is 8.42. The largest absolute Gasteiger partial charge is 0.395 e. The van der Waals surface area contributed by atoms with Crippen molar-refractivity contribution in [2.75, 3.05) is 26.7 Å². The average molecular weight is 292 g/mol. The lowest BCUT2D eigenvalue weighted by Gasteiger charge is -2.12. The summed E-state index contributed by atoms with van der Waals surface area (Å²) in [6.07, 6.45) is 9.34. The standard InChI is InChI=1S/C6H15NO.C6H14.C4H10.C2H6/c1-3-4-7(2)5-6-8;1-3-5-6-4-2;1-3-4-2;1-2/h8H,3-6H2,1-2H3;3-6H2,1-2H3;3-4H2,1-2H3;1-2H3. The van der Waals surface area contributed by atoms with Gasteiger partial charge in [-0.1, -0.05) is 87.0 Å². The molecule has 0 aromatic rings. The van der Waals surface area contributed by atoms with Crippen molar-refractivity contribution in [1.29, 1.82) is 0 Å². The lowest BCUT2D eigenvalue weighted by molar-refractivity contribution is 0.222. The molecule has 0 saturated carbocycles. The van der Waals surface area contributed by atoms with Crippen molar-refractivity contribution >= 4 is 0 Å². The van der Waals surface area contributed by atoms with Crippen molar-refractivity contribution in [2.45, 2.75) is 93.4 Å². The molecule has 0 rings (SSSR count). The number of nitrogens with zero attached hydrogens (tertiary/aromatic N) is 1. The van der Waals surface area contributed by atoms with Gasteiger partial charge in [0.1, 0.15) is 0 Å². The quantitative estimate of drug-likeness (QED) is 0.576. The Morgan fingerprint density at radius 1 is 0.650 bits per heavy atom. The molecular weight excluding hydrogens is 246 g/mol. The number of unbranched alkanes of at least 4 members (excludes halogenated alkanes) is 4. The Morgan fingerprint density at radius 3 is 1.25 bits per heavy atom. The van der Waals surface area contributed by atoms with Crippen molar-refractivity contribution in [1.82, 2.24) is 4.90 Å². The molecule has 0 bridgehead atoms. The zero-order valence-corrected chi connectivity index (χ0v) is 16.0. The maximum atomic E-state index is 8.42. The highest BCUT2D eigenvalue weighted by Gasteiger charge is 1.91. The van der Waals surface area contributed by atoms with E-state index in [0.717, 1.165) is 19.5 Å². The third kappa shape index (κ3) is 52.1. The molecule has 128 valence electrons. The van der Waals surface area contributed by atoms with Gasteiger partial charge < -0.3 is 10.0 Å². The van der Waals surface area contributed by atoms with Crippen molar-refractivity contribution < 1.29 is 5.11 Å². The van der Waals surface area contributed by atoms with Crippen LogP contribution in [-0.2, 0) is 0 Å². The summed E-state index contributed by atoms with van der Waals surface area (Å²) in [4.78, 5) is 2.11.